The Morgan fingerprint density at radius 3 is 2.52 bits per heavy atom. The van der Waals surface area contributed by atoms with E-state index in [1.165, 1.54) is 37.8 Å². The van der Waals surface area contributed by atoms with Crippen molar-refractivity contribution >= 4 is 11.6 Å². The van der Waals surface area contributed by atoms with Crippen molar-refractivity contribution in [3.63, 3.8) is 0 Å². The molecule has 0 radical (unpaired) electrons. The molecular formula is C20H32N4O. The molecule has 0 unspecified atom stereocenters. The minimum absolute atomic E-state index is 0.165. The highest BCUT2D eigenvalue weighted by Gasteiger charge is 2.25. The van der Waals surface area contributed by atoms with Gasteiger partial charge in [-0.1, -0.05) is 19.3 Å². The average molecular weight is 345 g/mol. The Labute approximate surface area is 151 Å². The fourth-order valence-corrected chi connectivity index (χ4v) is 4.16. The van der Waals surface area contributed by atoms with Crippen LogP contribution in [-0.4, -0.2) is 55.1 Å². The summed E-state index contributed by atoms with van der Waals surface area (Å²) in [6.07, 6.45) is 12.3. The van der Waals surface area contributed by atoms with E-state index in [4.69, 9.17) is 0 Å². The second-order valence-corrected chi connectivity index (χ2v) is 7.53. The lowest BCUT2D eigenvalue weighted by atomic mass is 9.94. The van der Waals surface area contributed by atoms with Crippen LogP contribution in [0.2, 0.25) is 0 Å². The number of hydrogen-bond donors (Lipinski definition) is 1. The molecule has 0 spiro atoms. The molecule has 5 heteroatoms. The Kier molecular flexibility index (Phi) is 6.68. The Balaban J connectivity index is 1.35. The highest BCUT2D eigenvalue weighted by molar-refractivity contribution is 5.79. The predicted molar refractivity (Wildman–Crippen MR) is 102 cm³/mol. The number of amides is 1. The first-order chi connectivity index (χ1) is 12.2. The summed E-state index contributed by atoms with van der Waals surface area (Å²) >= 11 is 0. The smallest absolute Gasteiger partial charge is 0.223 e. The lowest BCUT2D eigenvalue weighted by Crippen LogP contribution is -2.43. The number of likely N-dealkylation sites (N-methyl/N-ethyl adjacent to an activating group) is 1. The fraction of sp³-hybridized carbons (Fsp3) is 0.700. The third kappa shape index (κ3) is 5.18. The molecule has 5 nitrogen and oxygen atoms in total. The average Bonchev–Trinajstić information content (AvgIpc) is 2.69. The molecule has 2 heterocycles. The summed E-state index contributed by atoms with van der Waals surface area (Å²) < 4.78 is 0. The van der Waals surface area contributed by atoms with Gasteiger partial charge in [0.2, 0.25) is 5.91 Å². The van der Waals surface area contributed by atoms with Crippen molar-refractivity contribution in [3.05, 3.63) is 24.5 Å². The van der Waals surface area contributed by atoms with Crippen LogP contribution in [0.5, 0.6) is 0 Å². The molecule has 25 heavy (non-hydrogen) atoms. The molecule has 3 rings (SSSR count). The molecule has 1 aromatic heterocycles. The van der Waals surface area contributed by atoms with Gasteiger partial charge in [0.05, 0.1) is 0 Å². The van der Waals surface area contributed by atoms with E-state index in [-0.39, 0.29) is 11.8 Å². The van der Waals surface area contributed by atoms with Gasteiger partial charge in [-0.25, -0.2) is 0 Å². The van der Waals surface area contributed by atoms with Crippen molar-refractivity contribution in [2.45, 2.75) is 51.0 Å². The van der Waals surface area contributed by atoms with Gasteiger partial charge < -0.3 is 15.1 Å². The molecule has 0 atom stereocenters. The fourth-order valence-electron chi connectivity index (χ4n) is 4.16. The zero-order chi connectivity index (χ0) is 17.5. The van der Waals surface area contributed by atoms with Gasteiger partial charge >= 0.3 is 0 Å². The molecular weight excluding hydrogens is 312 g/mol. The van der Waals surface area contributed by atoms with Crippen molar-refractivity contribution in [1.29, 1.82) is 0 Å². The summed E-state index contributed by atoms with van der Waals surface area (Å²) in [5.74, 6) is 0.407. The quantitative estimate of drug-likeness (QED) is 0.862. The number of aromatic nitrogens is 1. The predicted octanol–water partition coefficient (Wildman–Crippen LogP) is 2.68. The van der Waals surface area contributed by atoms with Gasteiger partial charge in [0.1, 0.15) is 0 Å². The maximum Gasteiger partial charge on any atom is 0.223 e. The molecule has 0 aromatic carbocycles. The van der Waals surface area contributed by atoms with Gasteiger partial charge in [0, 0.05) is 56.2 Å². The molecule has 2 aliphatic rings. The molecule has 1 aliphatic heterocycles. The lowest BCUT2D eigenvalue weighted by molar-refractivity contribution is -0.125. The minimum atomic E-state index is 0.165. The zero-order valence-electron chi connectivity index (χ0n) is 15.5. The summed E-state index contributed by atoms with van der Waals surface area (Å²) in [6.45, 7) is 3.64. The number of carbonyl (C=O) groups is 1. The number of piperidine rings is 1. The van der Waals surface area contributed by atoms with Crippen LogP contribution in [0, 0.1) is 5.92 Å². The van der Waals surface area contributed by atoms with Crippen molar-refractivity contribution in [1.82, 2.24) is 15.2 Å². The Morgan fingerprint density at radius 2 is 1.84 bits per heavy atom. The monoisotopic (exact) mass is 344 g/mol. The summed E-state index contributed by atoms with van der Waals surface area (Å²) in [5, 5.41) is 3.17. The van der Waals surface area contributed by atoms with E-state index in [1.54, 1.807) is 0 Å². The molecule has 1 amide bonds. The first-order valence-electron chi connectivity index (χ1n) is 9.87. The number of pyridine rings is 1. The van der Waals surface area contributed by atoms with Crippen molar-refractivity contribution in [2.24, 2.45) is 5.92 Å². The molecule has 1 N–H and O–H groups in total. The van der Waals surface area contributed by atoms with Crippen LogP contribution in [0.4, 0.5) is 5.69 Å². The second kappa shape index (κ2) is 9.18. The highest BCUT2D eigenvalue weighted by Crippen LogP contribution is 2.23. The van der Waals surface area contributed by atoms with Gasteiger partial charge in [-0.2, -0.15) is 0 Å². The summed E-state index contributed by atoms with van der Waals surface area (Å²) in [7, 11) is 2.20. The first kappa shape index (κ1) is 18.2. The third-order valence-corrected chi connectivity index (χ3v) is 5.86. The number of hydrogen-bond acceptors (Lipinski definition) is 4. The summed E-state index contributed by atoms with van der Waals surface area (Å²) in [5.41, 5.74) is 1.21. The molecule has 1 aliphatic carbocycles. The SMILES string of the molecule is CN(CCNC(=O)C1CCN(c2ccncc2)CC1)C1CCCCC1. The lowest BCUT2D eigenvalue weighted by Gasteiger charge is -2.33. The summed E-state index contributed by atoms with van der Waals surface area (Å²) in [6, 6.07) is 4.80. The van der Waals surface area contributed by atoms with Crippen molar-refractivity contribution in [3.8, 4) is 0 Å². The van der Waals surface area contributed by atoms with Gasteiger partial charge in [-0.3, -0.25) is 9.78 Å². The second-order valence-electron chi connectivity index (χ2n) is 7.53. The van der Waals surface area contributed by atoms with Crippen LogP contribution in [0.25, 0.3) is 0 Å². The van der Waals surface area contributed by atoms with Crippen molar-refractivity contribution in [2.75, 3.05) is 38.1 Å². The number of nitrogens with one attached hydrogen (secondary N) is 1. The van der Waals surface area contributed by atoms with Crippen molar-refractivity contribution < 1.29 is 4.79 Å². The Bertz CT molecular complexity index is 522. The summed E-state index contributed by atoms with van der Waals surface area (Å²) in [4.78, 5) is 21.3. The van der Waals surface area contributed by atoms with Crippen LogP contribution < -0.4 is 10.2 Å². The topological polar surface area (TPSA) is 48.5 Å². The van der Waals surface area contributed by atoms with Crippen LogP contribution in [0.3, 0.4) is 0 Å². The number of anilines is 1. The van der Waals surface area contributed by atoms with Crippen LogP contribution in [0.1, 0.15) is 44.9 Å². The molecule has 0 bridgehead atoms. The van der Waals surface area contributed by atoms with E-state index in [1.807, 2.05) is 24.5 Å². The van der Waals surface area contributed by atoms with Gasteiger partial charge in [0.15, 0.2) is 0 Å². The first-order valence-corrected chi connectivity index (χ1v) is 9.87. The number of nitrogens with zero attached hydrogens (tertiary/aromatic N) is 3. The third-order valence-electron chi connectivity index (χ3n) is 5.86. The van der Waals surface area contributed by atoms with Gasteiger partial charge in [0.25, 0.3) is 0 Å². The standard InChI is InChI=1S/C20H32N4O/c1-23(18-5-3-2-4-6-18)16-13-22-20(25)17-9-14-24(15-10-17)19-7-11-21-12-8-19/h7-8,11-12,17-18H,2-6,9-10,13-16H2,1H3,(H,22,25). The van der Waals surface area contributed by atoms with E-state index in [0.29, 0.717) is 6.04 Å². The normalized spacial score (nSPS) is 20.0. The Morgan fingerprint density at radius 1 is 1.16 bits per heavy atom. The van der Waals surface area contributed by atoms with Gasteiger partial charge in [-0.05, 0) is 44.9 Å². The maximum absolute atomic E-state index is 12.4. The minimum Gasteiger partial charge on any atom is -0.371 e. The Hall–Kier alpha value is -1.62. The van der Waals surface area contributed by atoms with Crippen LogP contribution >= 0.6 is 0 Å². The van der Waals surface area contributed by atoms with E-state index < -0.39 is 0 Å². The molecule has 1 saturated carbocycles. The number of rotatable bonds is 6. The van der Waals surface area contributed by atoms with E-state index in [9.17, 15) is 4.79 Å². The largest absolute Gasteiger partial charge is 0.371 e. The molecule has 138 valence electrons. The zero-order valence-corrected chi connectivity index (χ0v) is 15.5. The van der Waals surface area contributed by atoms with Crippen LogP contribution in [-0.2, 0) is 4.79 Å². The molecule has 1 saturated heterocycles. The molecule has 1 aromatic rings. The number of carbonyl (C=O) groups excluding carboxylic acids is 1. The van der Waals surface area contributed by atoms with Gasteiger partial charge in [-0.15, -0.1) is 0 Å². The van der Waals surface area contributed by atoms with E-state index in [2.05, 4.69) is 27.1 Å². The van der Waals surface area contributed by atoms with E-state index in [0.717, 1.165) is 39.0 Å². The van der Waals surface area contributed by atoms with Crippen LogP contribution in [0.15, 0.2) is 24.5 Å². The highest BCUT2D eigenvalue weighted by atomic mass is 16.1. The molecule has 2 fully saturated rings. The van der Waals surface area contributed by atoms with E-state index >= 15 is 0 Å². The maximum atomic E-state index is 12.4.